The summed E-state index contributed by atoms with van der Waals surface area (Å²) in [5.74, 6) is 5.89. The summed E-state index contributed by atoms with van der Waals surface area (Å²) in [5.41, 5.74) is 0.712. The van der Waals surface area contributed by atoms with E-state index in [4.69, 9.17) is 23.2 Å². The molecule has 1 aromatic carbocycles. The third kappa shape index (κ3) is 7.36. The summed E-state index contributed by atoms with van der Waals surface area (Å²) in [4.78, 5) is 12.1. The van der Waals surface area contributed by atoms with Crippen LogP contribution in [0, 0.1) is 11.8 Å². The third-order valence-electron chi connectivity index (χ3n) is 4.31. The van der Waals surface area contributed by atoms with E-state index in [0.717, 1.165) is 5.41 Å². The quantitative estimate of drug-likeness (QED) is 0.609. The fourth-order valence-electron chi connectivity index (χ4n) is 2.86. The van der Waals surface area contributed by atoms with E-state index in [2.05, 4.69) is 33.8 Å². The van der Waals surface area contributed by atoms with E-state index in [1.165, 1.54) is 0 Å². The number of amides is 2. The lowest BCUT2D eigenvalue weighted by molar-refractivity contribution is 0.229. The van der Waals surface area contributed by atoms with E-state index in [0.29, 0.717) is 41.3 Å². The first-order valence-corrected chi connectivity index (χ1v) is 11.2. The third-order valence-corrected chi connectivity index (χ3v) is 6.15. The standard InChI is InChI=1S/C19H23Cl2N3O3S/c1-3-28(26,27)24-16-9-7-15(8-10-16)23-19(25)22-13(2)4-5-14-6-11-17(20)18(21)12-14/h3,6,11-13,15-16,24H,1,7-10H2,2H3,(H2,22,23,25). The SMILES string of the molecule is C=CS(=O)(=O)NC1CCC(NC(=O)NC(C)C#Cc2ccc(Cl)c(Cl)c2)CC1. The molecule has 1 saturated carbocycles. The molecule has 6 nitrogen and oxygen atoms in total. The Hall–Kier alpha value is -1.72. The molecule has 1 aliphatic carbocycles. The lowest BCUT2D eigenvalue weighted by atomic mass is 9.92. The van der Waals surface area contributed by atoms with Crippen LogP contribution in [0.1, 0.15) is 38.2 Å². The van der Waals surface area contributed by atoms with E-state index < -0.39 is 10.0 Å². The molecule has 28 heavy (non-hydrogen) atoms. The normalized spacial score (nSPS) is 20.4. The van der Waals surface area contributed by atoms with Crippen LogP contribution in [0.3, 0.4) is 0 Å². The highest BCUT2D eigenvalue weighted by molar-refractivity contribution is 7.92. The number of sulfonamides is 1. The minimum atomic E-state index is -3.43. The summed E-state index contributed by atoms with van der Waals surface area (Å²) in [6.07, 6.45) is 2.71. The monoisotopic (exact) mass is 443 g/mol. The van der Waals surface area contributed by atoms with Crippen LogP contribution in [-0.4, -0.2) is 32.6 Å². The maximum absolute atomic E-state index is 12.1. The molecule has 2 rings (SSSR count). The zero-order valence-corrected chi connectivity index (χ0v) is 17.8. The predicted molar refractivity (Wildman–Crippen MR) is 113 cm³/mol. The molecule has 152 valence electrons. The van der Waals surface area contributed by atoms with Gasteiger partial charge in [-0.25, -0.2) is 17.9 Å². The van der Waals surface area contributed by atoms with Crippen LogP contribution in [0.4, 0.5) is 4.79 Å². The number of urea groups is 1. The molecule has 0 spiro atoms. The zero-order valence-electron chi connectivity index (χ0n) is 15.5. The van der Waals surface area contributed by atoms with Crippen LogP contribution in [0.15, 0.2) is 30.2 Å². The average Bonchev–Trinajstić information content (AvgIpc) is 2.64. The molecule has 0 radical (unpaired) electrons. The van der Waals surface area contributed by atoms with Gasteiger partial charge in [0.05, 0.1) is 16.1 Å². The molecular weight excluding hydrogens is 421 g/mol. The highest BCUT2D eigenvalue weighted by Crippen LogP contribution is 2.22. The first kappa shape index (κ1) is 22.6. The second-order valence-corrected chi connectivity index (χ2v) is 9.09. The fraction of sp³-hybridized carbons (Fsp3) is 0.421. The number of nitrogens with one attached hydrogen (secondary N) is 3. The van der Waals surface area contributed by atoms with Crippen molar-refractivity contribution in [2.24, 2.45) is 0 Å². The van der Waals surface area contributed by atoms with Gasteiger partial charge < -0.3 is 10.6 Å². The molecule has 1 aromatic rings. The van der Waals surface area contributed by atoms with Crippen molar-refractivity contribution in [3.63, 3.8) is 0 Å². The molecule has 1 fully saturated rings. The molecule has 0 aromatic heterocycles. The molecule has 0 aliphatic heterocycles. The number of carbonyl (C=O) groups excluding carboxylic acids is 1. The molecule has 0 saturated heterocycles. The maximum Gasteiger partial charge on any atom is 0.315 e. The average molecular weight is 444 g/mol. The van der Waals surface area contributed by atoms with Gasteiger partial charge >= 0.3 is 6.03 Å². The smallest absolute Gasteiger partial charge is 0.315 e. The van der Waals surface area contributed by atoms with Gasteiger partial charge in [-0.1, -0.05) is 41.6 Å². The van der Waals surface area contributed by atoms with E-state index in [1.807, 2.05) is 0 Å². The molecule has 1 unspecified atom stereocenters. The van der Waals surface area contributed by atoms with Crippen molar-refractivity contribution in [3.8, 4) is 11.8 Å². The Morgan fingerprint density at radius 2 is 1.86 bits per heavy atom. The number of benzene rings is 1. The van der Waals surface area contributed by atoms with Gasteiger partial charge in [-0.2, -0.15) is 0 Å². The van der Waals surface area contributed by atoms with E-state index in [1.54, 1.807) is 25.1 Å². The molecule has 9 heteroatoms. The van der Waals surface area contributed by atoms with Gasteiger partial charge in [-0.05, 0) is 50.8 Å². The van der Waals surface area contributed by atoms with Crippen LogP contribution in [0.2, 0.25) is 10.0 Å². The Morgan fingerprint density at radius 3 is 2.46 bits per heavy atom. The molecule has 1 atom stereocenters. The summed E-state index contributed by atoms with van der Waals surface area (Å²) in [6, 6.07) is 4.32. The summed E-state index contributed by atoms with van der Waals surface area (Å²) in [7, 11) is -3.43. The summed E-state index contributed by atoms with van der Waals surface area (Å²) < 4.78 is 25.6. The number of halogens is 2. The van der Waals surface area contributed by atoms with E-state index in [-0.39, 0.29) is 24.2 Å². The first-order chi connectivity index (χ1) is 13.2. The van der Waals surface area contributed by atoms with Crippen molar-refractivity contribution < 1.29 is 13.2 Å². The summed E-state index contributed by atoms with van der Waals surface area (Å²) >= 11 is 11.8. The second-order valence-electron chi connectivity index (χ2n) is 6.62. The van der Waals surface area contributed by atoms with E-state index in [9.17, 15) is 13.2 Å². The summed E-state index contributed by atoms with van der Waals surface area (Å²) in [6.45, 7) is 5.07. The minimum Gasteiger partial charge on any atom is -0.335 e. The van der Waals surface area contributed by atoms with Crippen LogP contribution < -0.4 is 15.4 Å². The van der Waals surface area contributed by atoms with Crippen LogP contribution >= 0.6 is 23.2 Å². The number of hydrogen-bond acceptors (Lipinski definition) is 3. The van der Waals surface area contributed by atoms with Crippen molar-refractivity contribution >= 4 is 39.3 Å². The Labute approximate surface area is 176 Å². The van der Waals surface area contributed by atoms with Crippen molar-refractivity contribution in [3.05, 3.63) is 45.8 Å². The highest BCUT2D eigenvalue weighted by Gasteiger charge is 2.24. The van der Waals surface area contributed by atoms with Gasteiger partial charge in [0.2, 0.25) is 10.0 Å². The lowest BCUT2D eigenvalue weighted by Crippen LogP contribution is -2.48. The second kappa shape index (κ2) is 10.2. The van der Waals surface area contributed by atoms with Crippen LogP contribution in [0.5, 0.6) is 0 Å². The van der Waals surface area contributed by atoms with Gasteiger partial charge in [0, 0.05) is 23.1 Å². The highest BCUT2D eigenvalue weighted by atomic mass is 35.5. The van der Waals surface area contributed by atoms with Crippen LogP contribution in [0.25, 0.3) is 0 Å². The number of carbonyl (C=O) groups is 1. The maximum atomic E-state index is 12.1. The zero-order chi connectivity index (χ0) is 20.7. The lowest BCUT2D eigenvalue weighted by Gasteiger charge is -2.29. The molecule has 0 bridgehead atoms. The Kier molecular flexibility index (Phi) is 8.20. The Bertz CT molecular complexity index is 885. The number of rotatable bonds is 5. The molecular formula is C19H23Cl2N3O3S. The number of hydrogen-bond donors (Lipinski definition) is 3. The Balaban J connectivity index is 1.77. The Morgan fingerprint density at radius 1 is 1.21 bits per heavy atom. The largest absolute Gasteiger partial charge is 0.335 e. The van der Waals surface area contributed by atoms with Crippen molar-refractivity contribution in [2.75, 3.05) is 0 Å². The van der Waals surface area contributed by atoms with Crippen molar-refractivity contribution in [1.29, 1.82) is 0 Å². The molecule has 3 N–H and O–H groups in total. The van der Waals surface area contributed by atoms with Crippen molar-refractivity contribution in [2.45, 2.75) is 50.7 Å². The summed E-state index contributed by atoms with van der Waals surface area (Å²) in [5, 5.41) is 7.48. The minimum absolute atomic E-state index is 0.000263. The fourth-order valence-corrected chi connectivity index (χ4v) is 3.96. The van der Waals surface area contributed by atoms with Gasteiger partial charge in [-0.15, -0.1) is 0 Å². The molecule has 1 aliphatic rings. The van der Waals surface area contributed by atoms with Gasteiger partial charge in [0.15, 0.2) is 0 Å². The van der Waals surface area contributed by atoms with Gasteiger partial charge in [0.25, 0.3) is 0 Å². The van der Waals surface area contributed by atoms with E-state index >= 15 is 0 Å². The topological polar surface area (TPSA) is 87.3 Å². The van der Waals surface area contributed by atoms with Gasteiger partial charge in [0.1, 0.15) is 0 Å². The predicted octanol–water partition coefficient (Wildman–Crippen LogP) is 3.41. The van der Waals surface area contributed by atoms with Crippen LogP contribution in [-0.2, 0) is 10.0 Å². The van der Waals surface area contributed by atoms with Crippen molar-refractivity contribution in [1.82, 2.24) is 15.4 Å². The molecule has 0 heterocycles. The van der Waals surface area contributed by atoms with Gasteiger partial charge in [-0.3, -0.25) is 0 Å². The first-order valence-electron chi connectivity index (χ1n) is 8.87. The molecule has 2 amide bonds.